The second kappa shape index (κ2) is 7.79. The predicted octanol–water partition coefficient (Wildman–Crippen LogP) is 2.09. The molecule has 0 spiro atoms. The molecule has 2 rings (SSSR count). The molecular weight excluding hydrogens is 316 g/mol. The highest BCUT2D eigenvalue weighted by Crippen LogP contribution is 2.38. The number of carbonyl (C=O) groups excluding carboxylic acids is 2. The number of benzene rings is 1. The van der Waals surface area contributed by atoms with Crippen LogP contribution in [0.5, 0.6) is 0 Å². The number of aliphatic hydroxyl groups excluding tert-OH is 1. The van der Waals surface area contributed by atoms with E-state index in [9.17, 15) is 14.7 Å². The van der Waals surface area contributed by atoms with Crippen molar-refractivity contribution in [2.45, 2.75) is 25.8 Å². The van der Waals surface area contributed by atoms with Crippen LogP contribution in [0.1, 0.15) is 31.4 Å². The summed E-state index contributed by atoms with van der Waals surface area (Å²) < 4.78 is 0. The fraction of sp³-hybridized carbons (Fsp3) is 0.529. The van der Waals surface area contributed by atoms with Gasteiger partial charge in [0.25, 0.3) is 0 Å². The number of hydrogen-bond acceptors (Lipinski definition) is 3. The number of nitrogens with zero attached hydrogens (tertiary/aromatic N) is 2. The van der Waals surface area contributed by atoms with E-state index in [-0.39, 0.29) is 30.9 Å². The van der Waals surface area contributed by atoms with Crippen molar-refractivity contribution in [1.82, 2.24) is 9.80 Å². The fourth-order valence-electron chi connectivity index (χ4n) is 3.19. The van der Waals surface area contributed by atoms with E-state index in [0.29, 0.717) is 18.1 Å². The molecule has 0 radical (unpaired) electrons. The molecule has 0 saturated carbocycles. The second-order valence-electron chi connectivity index (χ2n) is 5.86. The van der Waals surface area contributed by atoms with Crippen molar-refractivity contribution in [2.75, 3.05) is 26.7 Å². The maximum Gasteiger partial charge on any atom is 0.228 e. The first-order valence-electron chi connectivity index (χ1n) is 7.90. The molecule has 0 aromatic heterocycles. The van der Waals surface area contributed by atoms with Crippen LogP contribution in [0.4, 0.5) is 0 Å². The molecule has 2 atom stereocenters. The van der Waals surface area contributed by atoms with Crippen LogP contribution in [-0.2, 0) is 9.59 Å². The minimum Gasteiger partial charge on any atom is -0.395 e. The summed E-state index contributed by atoms with van der Waals surface area (Å²) in [5, 5.41) is 9.78. The molecule has 1 heterocycles. The first kappa shape index (κ1) is 17.8. The van der Waals surface area contributed by atoms with Gasteiger partial charge in [0.05, 0.1) is 18.6 Å². The van der Waals surface area contributed by atoms with Gasteiger partial charge in [-0.15, -0.1) is 0 Å². The van der Waals surface area contributed by atoms with Crippen LogP contribution in [-0.4, -0.2) is 53.5 Å². The predicted molar refractivity (Wildman–Crippen MR) is 89.0 cm³/mol. The van der Waals surface area contributed by atoms with Gasteiger partial charge >= 0.3 is 0 Å². The van der Waals surface area contributed by atoms with Crippen molar-refractivity contribution in [1.29, 1.82) is 0 Å². The van der Waals surface area contributed by atoms with Crippen LogP contribution in [0.3, 0.4) is 0 Å². The monoisotopic (exact) mass is 338 g/mol. The summed E-state index contributed by atoms with van der Waals surface area (Å²) in [5.41, 5.74) is 0.865. The first-order valence-corrected chi connectivity index (χ1v) is 8.28. The van der Waals surface area contributed by atoms with Crippen molar-refractivity contribution in [3.05, 3.63) is 34.9 Å². The van der Waals surface area contributed by atoms with Crippen LogP contribution >= 0.6 is 11.6 Å². The molecule has 1 aliphatic heterocycles. The largest absolute Gasteiger partial charge is 0.395 e. The average molecular weight is 339 g/mol. The minimum atomic E-state index is -0.441. The van der Waals surface area contributed by atoms with Gasteiger partial charge in [0.1, 0.15) is 0 Å². The number of hydrogen-bond donors (Lipinski definition) is 1. The summed E-state index contributed by atoms with van der Waals surface area (Å²) in [7, 11) is 1.72. The lowest BCUT2D eigenvalue weighted by molar-refractivity contribution is -0.137. The zero-order valence-electron chi connectivity index (χ0n) is 13.5. The second-order valence-corrected chi connectivity index (χ2v) is 6.30. The van der Waals surface area contributed by atoms with E-state index in [2.05, 4.69) is 0 Å². The number of rotatable bonds is 6. The van der Waals surface area contributed by atoms with Crippen LogP contribution < -0.4 is 0 Å². The van der Waals surface area contributed by atoms with Gasteiger partial charge in [0, 0.05) is 31.6 Å². The summed E-state index contributed by atoms with van der Waals surface area (Å²) >= 11 is 6.06. The smallest absolute Gasteiger partial charge is 0.228 e. The molecule has 1 saturated heterocycles. The Labute approximate surface area is 141 Å². The lowest BCUT2D eigenvalue weighted by Gasteiger charge is -2.29. The summed E-state index contributed by atoms with van der Waals surface area (Å²) in [6.07, 6.45) is 1.00. The van der Waals surface area contributed by atoms with Crippen LogP contribution in [0.25, 0.3) is 0 Å². The van der Waals surface area contributed by atoms with Crippen molar-refractivity contribution >= 4 is 23.4 Å². The Morgan fingerprint density at radius 1 is 1.43 bits per heavy atom. The van der Waals surface area contributed by atoms with Gasteiger partial charge in [-0.1, -0.05) is 30.7 Å². The molecule has 0 aliphatic carbocycles. The van der Waals surface area contributed by atoms with Gasteiger partial charge in [0.15, 0.2) is 0 Å². The normalized spacial score (nSPS) is 20.9. The van der Waals surface area contributed by atoms with Crippen LogP contribution in [0, 0.1) is 5.92 Å². The maximum absolute atomic E-state index is 12.9. The lowest BCUT2D eigenvalue weighted by atomic mass is 9.92. The van der Waals surface area contributed by atoms with E-state index >= 15 is 0 Å². The van der Waals surface area contributed by atoms with Gasteiger partial charge in [-0.3, -0.25) is 9.59 Å². The molecule has 5 nitrogen and oxygen atoms in total. The lowest BCUT2D eigenvalue weighted by Crippen LogP contribution is -2.40. The zero-order valence-corrected chi connectivity index (χ0v) is 14.3. The van der Waals surface area contributed by atoms with E-state index in [0.717, 1.165) is 12.0 Å². The van der Waals surface area contributed by atoms with Crippen LogP contribution in [0.15, 0.2) is 24.3 Å². The third kappa shape index (κ3) is 3.85. The topological polar surface area (TPSA) is 60.9 Å². The number of carbonyl (C=O) groups is 2. The molecule has 2 amide bonds. The standard InChI is InChI=1S/C17H23ClN2O3/c1-3-7-20(8-9-21)17(23)14-11-15(22)19(2)16(14)12-5-4-6-13(18)10-12/h4-6,10,14,16,21H,3,7-9,11H2,1-2H3. The summed E-state index contributed by atoms with van der Waals surface area (Å²) in [6.45, 7) is 2.78. The van der Waals surface area contributed by atoms with Crippen molar-refractivity contribution < 1.29 is 14.7 Å². The summed E-state index contributed by atoms with van der Waals surface area (Å²) in [6, 6.07) is 6.98. The van der Waals surface area contributed by atoms with E-state index in [1.54, 1.807) is 29.0 Å². The Kier molecular flexibility index (Phi) is 6.02. The Bertz CT molecular complexity index is 573. The molecule has 1 N–H and O–H groups in total. The highest BCUT2D eigenvalue weighted by Gasteiger charge is 2.44. The highest BCUT2D eigenvalue weighted by atomic mass is 35.5. The van der Waals surface area contributed by atoms with Crippen LogP contribution in [0.2, 0.25) is 5.02 Å². The van der Waals surface area contributed by atoms with Gasteiger partial charge < -0.3 is 14.9 Å². The molecule has 1 fully saturated rings. The third-order valence-corrected chi connectivity index (χ3v) is 4.50. The van der Waals surface area contributed by atoms with Gasteiger partial charge in [-0.2, -0.15) is 0 Å². The van der Waals surface area contributed by atoms with E-state index in [1.165, 1.54) is 0 Å². The quantitative estimate of drug-likeness (QED) is 0.864. The van der Waals surface area contributed by atoms with Gasteiger partial charge in [-0.05, 0) is 24.1 Å². The molecule has 23 heavy (non-hydrogen) atoms. The Balaban J connectivity index is 2.31. The number of aliphatic hydroxyl groups is 1. The Morgan fingerprint density at radius 3 is 2.78 bits per heavy atom. The van der Waals surface area contributed by atoms with Gasteiger partial charge in [-0.25, -0.2) is 0 Å². The average Bonchev–Trinajstić information content (AvgIpc) is 2.82. The highest BCUT2D eigenvalue weighted by molar-refractivity contribution is 6.30. The van der Waals surface area contributed by atoms with E-state index in [1.807, 2.05) is 19.1 Å². The molecule has 126 valence electrons. The molecule has 0 bridgehead atoms. The Hall–Kier alpha value is -1.59. The maximum atomic E-state index is 12.9. The number of likely N-dealkylation sites (tertiary alicyclic amines) is 1. The molecular formula is C17H23ClN2O3. The van der Waals surface area contributed by atoms with Crippen molar-refractivity contribution in [3.63, 3.8) is 0 Å². The third-order valence-electron chi connectivity index (χ3n) is 4.27. The van der Waals surface area contributed by atoms with Crippen molar-refractivity contribution in [2.24, 2.45) is 5.92 Å². The molecule has 1 aromatic carbocycles. The SMILES string of the molecule is CCCN(CCO)C(=O)C1CC(=O)N(C)C1c1cccc(Cl)c1. The number of amides is 2. The van der Waals surface area contributed by atoms with E-state index < -0.39 is 5.92 Å². The summed E-state index contributed by atoms with van der Waals surface area (Å²) in [4.78, 5) is 28.3. The summed E-state index contributed by atoms with van der Waals surface area (Å²) in [5.74, 6) is -0.568. The molecule has 6 heteroatoms. The zero-order chi connectivity index (χ0) is 17.0. The van der Waals surface area contributed by atoms with Crippen molar-refractivity contribution in [3.8, 4) is 0 Å². The fourth-order valence-corrected chi connectivity index (χ4v) is 3.39. The Morgan fingerprint density at radius 2 is 2.17 bits per heavy atom. The molecule has 1 aromatic rings. The van der Waals surface area contributed by atoms with Gasteiger partial charge in [0.2, 0.25) is 11.8 Å². The first-order chi connectivity index (χ1) is 11.0. The number of halogens is 1. The van der Waals surface area contributed by atoms with E-state index in [4.69, 9.17) is 11.6 Å². The molecule has 1 aliphatic rings. The minimum absolute atomic E-state index is 0.0474. The molecule has 2 unspecified atom stereocenters.